The first kappa shape index (κ1) is 69.4. The maximum Gasteiger partial charge on any atom is 0.338 e. The average molecular weight is 1380 g/mol. The molecule has 7 aromatic carbocycles. The van der Waals surface area contributed by atoms with Crippen molar-refractivity contribution in [2.75, 3.05) is 6.61 Å². The van der Waals surface area contributed by atoms with Gasteiger partial charge in [0, 0.05) is 6.92 Å². The van der Waals surface area contributed by atoms with E-state index in [1.165, 1.54) is 72.8 Å². The van der Waals surface area contributed by atoms with Gasteiger partial charge in [-0.3, -0.25) is 24.7 Å². The summed E-state index contributed by atoms with van der Waals surface area (Å²) in [4.78, 5) is 103. The Hall–Kier alpha value is -8.91. The predicted octanol–water partition coefficient (Wildman–Crippen LogP) is 10.6. The summed E-state index contributed by atoms with van der Waals surface area (Å²) >= 11 is 18.6. The summed E-state index contributed by atoms with van der Waals surface area (Å²) < 4.78 is 82.9. The highest BCUT2D eigenvalue weighted by Crippen LogP contribution is 2.42. The predicted molar refractivity (Wildman–Crippen MR) is 346 cm³/mol. The smallest absolute Gasteiger partial charge is 0.338 e. The Morgan fingerprint density at radius 3 is 1.24 bits per heavy atom. The molecule has 4 heterocycles. The summed E-state index contributed by atoms with van der Waals surface area (Å²) in [5.74, 6) is -7.58. The molecule has 2 amide bonds. The molecule has 0 unspecified atom stereocenters. The number of benzene rings is 7. The van der Waals surface area contributed by atoms with Gasteiger partial charge in [-0.1, -0.05) is 180 Å². The summed E-state index contributed by atoms with van der Waals surface area (Å²) in [6.45, 7) is 3.23. The number of carbonyl (C=O) groups excluding carboxylic acids is 7. The molecule has 0 aromatic heterocycles. The molecule has 0 saturated carbocycles. The van der Waals surface area contributed by atoms with Crippen molar-refractivity contribution < 1.29 is 95.1 Å². The number of fused-ring (bicyclic) bond motifs is 1. The molecule has 4 aliphatic rings. The second kappa shape index (κ2) is 31.5. The van der Waals surface area contributed by atoms with Crippen LogP contribution in [0.2, 0.25) is 0 Å². The molecule has 0 spiro atoms. The highest BCUT2D eigenvalue weighted by atomic mass is 35.6. The van der Waals surface area contributed by atoms with E-state index in [9.17, 15) is 24.0 Å². The molecule has 1 N–H and O–H groups in total. The van der Waals surface area contributed by atoms with E-state index < -0.39 is 150 Å². The zero-order valence-corrected chi connectivity index (χ0v) is 54.4. The third-order valence-electron chi connectivity index (χ3n) is 16.3. The molecular weight excluding hydrogens is 1320 g/mol. The quantitative estimate of drug-likeness (QED) is 0.0165. The van der Waals surface area contributed by atoms with Gasteiger partial charge in [0.05, 0.1) is 58.8 Å². The molecule has 15 atom stereocenters. The number of nitrogens with one attached hydrogen (secondary N) is 1. The third-order valence-corrected chi connectivity index (χ3v) is 16.8. The summed E-state index contributed by atoms with van der Waals surface area (Å²) in [7, 11) is 0. The Bertz CT molecular complexity index is 3860. The van der Waals surface area contributed by atoms with Gasteiger partial charge in [-0.25, -0.2) is 19.2 Å². The van der Waals surface area contributed by atoms with E-state index >= 15 is 9.59 Å². The lowest BCUT2D eigenvalue weighted by molar-refractivity contribution is -0.374. The number of nitrogens with zero attached hydrogens (tertiary/aromatic N) is 1. The maximum atomic E-state index is 15.3. The Kier molecular flexibility index (Phi) is 22.6. The summed E-state index contributed by atoms with van der Waals surface area (Å²) in [6.07, 6.45) is -23.4. The van der Waals surface area contributed by atoms with Crippen LogP contribution in [0.3, 0.4) is 0 Å². The van der Waals surface area contributed by atoms with Crippen LogP contribution in [0.15, 0.2) is 206 Å². The highest BCUT2D eigenvalue weighted by Gasteiger charge is 2.61. The molecule has 504 valence electrons. The second-order valence-corrected chi connectivity index (χ2v) is 25.2. The molecule has 25 heteroatoms. The number of halogens is 3. The van der Waals surface area contributed by atoms with Gasteiger partial charge >= 0.3 is 29.8 Å². The monoisotopic (exact) mass is 1380 g/mol. The number of rotatable bonds is 22. The molecule has 3 fully saturated rings. The van der Waals surface area contributed by atoms with Gasteiger partial charge in [0.2, 0.25) is 12.2 Å². The van der Waals surface area contributed by atoms with Crippen LogP contribution in [0.25, 0.3) is 0 Å². The fourth-order valence-electron chi connectivity index (χ4n) is 11.7. The van der Waals surface area contributed by atoms with Gasteiger partial charge in [0.1, 0.15) is 43.2 Å². The number of imide groups is 1. The fourth-order valence-corrected chi connectivity index (χ4v) is 11.8. The number of carbonyl (C=O) groups is 7. The van der Waals surface area contributed by atoms with Crippen molar-refractivity contribution in [1.82, 2.24) is 4.90 Å². The maximum absolute atomic E-state index is 15.3. The van der Waals surface area contributed by atoms with Gasteiger partial charge in [-0.15, -0.1) is 0 Å². The van der Waals surface area contributed by atoms with Crippen LogP contribution >= 0.6 is 34.8 Å². The molecule has 0 radical (unpaired) electrons. The van der Waals surface area contributed by atoms with Crippen LogP contribution in [0.5, 0.6) is 0 Å². The first-order chi connectivity index (χ1) is 46.8. The van der Waals surface area contributed by atoms with Crippen LogP contribution in [0.1, 0.15) is 94.0 Å². The van der Waals surface area contributed by atoms with Crippen LogP contribution in [-0.2, 0) is 79.6 Å². The minimum Gasteiger partial charge on any atom is -0.459 e. The molecule has 0 bridgehead atoms. The van der Waals surface area contributed by atoms with Gasteiger partial charge < -0.3 is 61.6 Å². The topological polar surface area (TPSA) is 267 Å². The van der Waals surface area contributed by atoms with Crippen molar-refractivity contribution in [1.29, 1.82) is 5.41 Å². The van der Waals surface area contributed by atoms with Crippen molar-refractivity contribution >= 4 is 82.4 Å². The van der Waals surface area contributed by atoms with Crippen LogP contribution in [0, 0.1) is 5.41 Å². The van der Waals surface area contributed by atoms with E-state index in [-0.39, 0.29) is 46.6 Å². The molecular formula is C72H65Cl3N2O20. The molecule has 7 aromatic rings. The van der Waals surface area contributed by atoms with Crippen molar-refractivity contribution in [3.8, 4) is 0 Å². The molecule has 0 aliphatic carbocycles. The molecule has 11 rings (SSSR count). The molecule has 97 heavy (non-hydrogen) atoms. The van der Waals surface area contributed by atoms with Crippen molar-refractivity contribution in [3.63, 3.8) is 0 Å². The highest BCUT2D eigenvalue weighted by molar-refractivity contribution is 6.76. The minimum atomic E-state index is -2.48. The van der Waals surface area contributed by atoms with Crippen molar-refractivity contribution in [2.45, 2.75) is 130 Å². The van der Waals surface area contributed by atoms with Gasteiger partial charge in [-0.05, 0) is 85.6 Å². The van der Waals surface area contributed by atoms with E-state index in [1.54, 1.807) is 141 Å². The molecule has 3 saturated heterocycles. The van der Waals surface area contributed by atoms with Crippen molar-refractivity contribution in [3.05, 3.63) is 251 Å². The molecule has 22 nitrogen and oxygen atoms in total. The van der Waals surface area contributed by atoms with E-state index in [1.807, 2.05) is 6.07 Å². The number of esters is 5. The van der Waals surface area contributed by atoms with Crippen LogP contribution in [0.4, 0.5) is 0 Å². The average Bonchev–Trinajstić information content (AvgIpc) is 1.21. The SMILES string of the molecule is CC(=O)O[C@H]1[C@H](O[C@@H]2[C@@H](OCc3ccccc3)[C@H](C)O[C@@H](OC(=N)C(Cl)(Cl)Cl)[C@@H]2OC(=O)c2ccccc2)O[C@@H](C)[C@H](OCc2ccccc2)[C@H]1O[C@@H]1O[C@H](COC(=O)c2ccccc2)[C@@H](OC(=O)c2ccccc2)[C@H](OC(=O)c2ccccc2)[C@H]1N1C(=O)c2ccccc2C1=O. The van der Waals surface area contributed by atoms with E-state index in [4.69, 9.17) is 102 Å². The Morgan fingerprint density at radius 2 is 0.804 bits per heavy atom. The standard InChI is InChI=1S/C72H65Cl3N2O20/c1-41-54(85-38-44-24-10-4-11-25-44)58(60(90-43(3)78)69(88-41)96-59-55(86-39-45-26-12-5-13-27-45)42(2)89-70(97-71(76)72(73,74)75)61(59)94-67(84)49-34-20-9-21-35-49)95-68-53(77-62(79)50-36-22-23-37-51(50)63(77)80)57(93-66(83)48-32-18-8-19-33-48)56(92-65(82)47-30-16-7-17-31-47)52(91-68)40-87-64(81)46-28-14-6-15-29-46/h4-37,41-42,52-61,68-70,76H,38-40H2,1-3H3/t41-,42-,52+,53+,54-,55-,56+,57+,58+,59+,60+,61+,68-,69-,70-/m0/s1. The lowest BCUT2D eigenvalue weighted by atomic mass is 9.93. The van der Waals surface area contributed by atoms with E-state index in [2.05, 4.69) is 0 Å². The Labute approximate surface area is 572 Å². The van der Waals surface area contributed by atoms with Gasteiger partial charge in [-0.2, -0.15) is 0 Å². The van der Waals surface area contributed by atoms with Crippen LogP contribution < -0.4 is 0 Å². The van der Waals surface area contributed by atoms with Crippen LogP contribution in [-0.4, -0.2) is 155 Å². The molecule has 4 aliphatic heterocycles. The Balaban J connectivity index is 1.07. The summed E-state index contributed by atoms with van der Waals surface area (Å²) in [5, 5.41) is 8.71. The zero-order chi connectivity index (χ0) is 68.3. The second-order valence-electron chi connectivity index (χ2n) is 22.9. The lowest BCUT2D eigenvalue weighted by Crippen LogP contribution is -2.70. The van der Waals surface area contributed by atoms with E-state index in [0.717, 1.165) is 11.8 Å². The zero-order valence-electron chi connectivity index (χ0n) is 52.2. The first-order valence-corrected chi connectivity index (χ1v) is 32.0. The van der Waals surface area contributed by atoms with Crippen molar-refractivity contribution in [2.24, 2.45) is 0 Å². The number of ether oxygens (including phenoxy) is 13. The largest absolute Gasteiger partial charge is 0.459 e. The van der Waals surface area contributed by atoms with E-state index in [0.29, 0.717) is 11.1 Å². The third kappa shape index (κ3) is 16.6. The first-order valence-electron chi connectivity index (χ1n) is 30.9. The number of alkyl halides is 3. The number of hydrogen-bond donors (Lipinski definition) is 1. The Morgan fingerprint density at radius 1 is 0.433 bits per heavy atom. The summed E-state index contributed by atoms with van der Waals surface area (Å²) in [6, 6.07) is 53.0. The number of amides is 2. The van der Waals surface area contributed by atoms with Gasteiger partial charge in [0.15, 0.2) is 37.0 Å². The van der Waals surface area contributed by atoms with Gasteiger partial charge in [0.25, 0.3) is 15.6 Å². The lowest BCUT2D eigenvalue weighted by Gasteiger charge is -2.51. The number of hydrogen-bond acceptors (Lipinski definition) is 21. The fraction of sp³-hybridized carbons (Fsp3) is 0.306. The normalized spacial score (nSPS) is 26.2. The minimum absolute atomic E-state index is 0.0151. The summed E-state index contributed by atoms with van der Waals surface area (Å²) in [5.41, 5.74) is 1.35.